The van der Waals surface area contributed by atoms with Crippen LogP contribution in [0.1, 0.15) is 10.4 Å². The molecule has 0 saturated heterocycles. The van der Waals surface area contributed by atoms with Crippen LogP contribution in [0.15, 0.2) is 65.6 Å². The average Bonchev–Trinajstić information content (AvgIpc) is 2.53. The number of rotatable bonds is 3. The van der Waals surface area contributed by atoms with Gasteiger partial charge in [0.25, 0.3) is 16.0 Å². The van der Waals surface area contributed by atoms with Crippen LogP contribution in [-0.4, -0.2) is 18.9 Å². The first kappa shape index (κ1) is 16.1. The van der Waals surface area contributed by atoms with Crippen molar-refractivity contribution in [1.29, 1.82) is 0 Å². The van der Waals surface area contributed by atoms with Crippen molar-refractivity contribution in [3.8, 4) is 0 Å². The van der Waals surface area contributed by atoms with Gasteiger partial charge in [-0.25, -0.2) is 4.39 Å². The highest BCUT2D eigenvalue weighted by atomic mass is 32.2. The number of hydrogen-bond donors (Lipinski definition) is 2. The highest BCUT2D eigenvalue weighted by Crippen LogP contribution is 2.27. The van der Waals surface area contributed by atoms with E-state index in [0.29, 0.717) is 10.8 Å². The minimum Gasteiger partial charge on any atom is -0.322 e. The summed E-state index contributed by atoms with van der Waals surface area (Å²) < 4.78 is 45.5. The van der Waals surface area contributed by atoms with Gasteiger partial charge in [0.2, 0.25) is 0 Å². The summed E-state index contributed by atoms with van der Waals surface area (Å²) in [5, 5.41) is 3.44. The maximum atomic E-state index is 12.9. The van der Waals surface area contributed by atoms with Gasteiger partial charge in [-0.1, -0.05) is 24.3 Å². The number of carbonyl (C=O) groups excluding carboxylic acids is 1. The van der Waals surface area contributed by atoms with Crippen LogP contribution in [0.3, 0.4) is 0 Å². The zero-order valence-electron chi connectivity index (χ0n) is 12.2. The lowest BCUT2D eigenvalue weighted by Gasteiger charge is -2.10. The van der Waals surface area contributed by atoms with Gasteiger partial charge in [0.1, 0.15) is 10.7 Å². The SMILES string of the molecule is O=C(Nc1cc(S(=O)(=O)O)c2ccccc2c1)c1ccc(F)cc1. The van der Waals surface area contributed by atoms with E-state index in [1.807, 2.05) is 0 Å². The van der Waals surface area contributed by atoms with Crippen molar-refractivity contribution in [1.82, 2.24) is 0 Å². The lowest BCUT2D eigenvalue weighted by atomic mass is 10.1. The Morgan fingerprint density at radius 2 is 1.67 bits per heavy atom. The third-order valence-corrected chi connectivity index (χ3v) is 4.36. The van der Waals surface area contributed by atoms with Gasteiger partial charge in [-0.3, -0.25) is 9.35 Å². The molecule has 2 N–H and O–H groups in total. The summed E-state index contributed by atoms with van der Waals surface area (Å²) in [6.07, 6.45) is 0. The second-order valence-electron chi connectivity index (χ2n) is 5.13. The zero-order chi connectivity index (χ0) is 17.3. The minimum absolute atomic E-state index is 0.204. The van der Waals surface area contributed by atoms with Crippen molar-refractivity contribution < 1.29 is 22.2 Å². The van der Waals surface area contributed by atoms with Gasteiger partial charge < -0.3 is 5.32 Å². The quantitative estimate of drug-likeness (QED) is 0.712. The van der Waals surface area contributed by atoms with Crippen LogP contribution in [0.2, 0.25) is 0 Å². The summed E-state index contributed by atoms with van der Waals surface area (Å²) in [4.78, 5) is 11.9. The molecule has 5 nitrogen and oxygen atoms in total. The van der Waals surface area contributed by atoms with Gasteiger partial charge in [0.15, 0.2) is 0 Å². The number of halogens is 1. The highest BCUT2D eigenvalue weighted by Gasteiger charge is 2.16. The number of carbonyl (C=O) groups is 1. The fourth-order valence-corrected chi connectivity index (χ4v) is 3.11. The molecule has 3 rings (SSSR count). The van der Waals surface area contributed by atoms with Crippen LogP contribution in [0.4, 0.5) is 10.1 Å². The van der Waals surface area contributed by atoms with E-state index in [-0.39, 0.29) is 16.1 Å². The number of fused-ring (bicyclic) bond motifs is 1. The topological polar surface area (TPSA) is 83.5 Å². The summed E-state index contributed by atoms with van der Waals surface area (Å²) in [6, 6.07) is 14.3. The molecular weight excluding hydrogens is 333 g/mol. The normalized spacial score (nSPS) is 11.4. The third-order valence-electron chi connectivity index (χ3n) is 3.47. The van der Waals surface area contributed by atoms with Crippen LogP contribution in [0.5, 0.6) is 0 Å². The zero-order valence-corrected chi connectivity index (χ0v) is 13.0. The molecule has 0 bridgehead atoms. The molecule has 0 saturated carbocycles. The van der Waals surface area contributed by atoms with Crippen molar-refractivity contribution >= 4 is 32.5 Å². The summed E-state index contributed by atoms with van der Waals surface area (Å²) in [7, 11) is -4.46. The standard InChI is InChI=1S/C17H12FNO4S/c18-13-7-5-11(6-8-13)17(20)19-14-9-12-3-1-2-4-15(12)16(10-14)24(21,22)23/h1-10H,(H,19,20)(H,21,22,23). The van der Waals surface area contributed by atoms with Gasteiger partial charge in [0.05, 0.1) is 0 Å². The molecule has 0 heterocycles. The molecule has 0 aliphatic carbocycles. The summed E-state index contributed by atoms with van der Waals surface area (Å²) >= 11 is 0. The van der Waals surface area contributed by atoms with Crippen LogP contribution in [-0.2, 0) is 10.1 Å². The van der Waals surface area contributed by atoms with Crippen LogP contribution < -0.4 is 5.32 Å². The Morgan fingerprint density at radius 3 is 2.33 bits per heavy atom. The number of anilines is 1. The molecule has 122 valence electrons. The maximum absolute atomic E-state index is 12.9. The first-order chi connectivity index (χ1) is 11.3. The first-order valence-electron chi connectivity index (χ1n) is 6.92. The van der Waals surface area contributed by atoms with Gasteiger partial charge in [-0.05, 0) is 41.8 Å². The van der Waals surface area contributed by atoms with E-state index in [2.05, 4.69) is 5.32 Å². The molecule has 0 fully saturated rings. The molecule has 1 amide bonds. The highest BCUT2D eigenvalue weighted by molar-refractivity contribution is 7.86. The van der Waals surface area contributed by atoms with Crippen molar-refractivity contribution in [3.63, 3.8) is 0 Å². The van der Waals surface area contributed by atoms with E-state index in [9.17, 15) is 22.2 Å². The fraction of sp³-hybridized carbons (Fsp3) is 0. The van der Waals surface area contributed by atoms with Crippen molar-refractivity contribution in [2.45, 2.75) is 4.90 Å². The van der Waals surface area contributed by atoms with Crippen molar-refractivity contribution in [2.75, 3.05) is 5.32 Å². The van der Waals surface area contributed by atoms with Gasteiger partial charge in [-0.15, -0.1) is 0 Å². The fourth-order valence-electron chi connectivity index (χ4n) is 2.37. The molecule has 24 heavy (non-hydrogen) atoms. The number of nitrogens with one attached hydrogen (secondary N) is 1. The lowest BCUT2D eigenvalue weighted by molar-refractivity contribution is 0.102. The smallest absolute Gasteiger partial charge is 0.295 e. The van der Waals surface area contributed by atoms with E-state index in [0.717, 1.165) is 12.1 Å². The molecular formula is C17H12FNO4S. The first-order valence-corrected chi connectivity index (χ1v) is 8.36. The van der Waals surface area contributed by atoms with Gasteiger partial charge in [0, 0.05) is 16.6 Å². The second kappa shape index (κ2) is 6.03. The van der Waals surface area contributed by atoms with Gasteiger partial charge in [-0.2, -0.15) is 8.42 Å². The Labute approximate surface area is 137 Å². The lowest BCUT2D eigenvalue weighted by Crippen LogP contribution is -2.12. The number of amides is 1. The summed E-state index contributed by atoms with van der Waals surface area (Å²) in [6.45, 7) is 0. The molecule has 0 unspecified atom stereocenters. The predicted octanol–water partition coefficient (Wildman–Crippen LogP) is 3.48. The second-order valence-corrected chi connectivity index (χ2v) is 6.52. The van der Waals surface area contributed by atoms with Crippen molar-refractivity contribution in [3.05, 3.63) is 72.0 Å². The van der Waals surface area contributed by atoms with Crippen LogP contribution >= 0.6 is 0 Å². The van der Waals surface area contributed by atoms with E-state index in [4.69, 9.17) is 0 Å². The molecule has 3 aromatic carbocycles. The molecule has 0 atom stereocenters. The summed E-state index contributed by atoms with van der Waals surface area (Å²) in [5.74, 6) is -0.988. The predicted molar refractivity (Wildman–Crippen MR) is 88.1 cm³/mol. The Balaban J connectivity index is 2.04. The molecule has 7 heteroatoms. The van der Waals surface area contributed by atoms with E-state index < -0.39 is 21.8 Å². The Morgan fingerprint density at radius 1 is 1.00 bits per heavy atom. The minimum atomic E-state index is -4.46. The van der Waals surface area contributed by atoms with Crippen LogP contribution in [0, 0.1) is 5.82 Å². The third kappa shape index (κ3) is 3.27. The largest absolute Gasteiger partial charge is 0.322 e. The average molecular weight is 345 g/mol. The molecule has 0 aliphatic rings. The summed E-state index contributed by atoms with van der Waals surface area (Å²) in [5.41, 5.74) is 0.425. The maximum Gasteiger partial charge on any atom is 0.295 e. The molecule has 0 aliphatic heterocycles. The number of benzene rings is 3. The Bertz CT molecular complexity index is 1030. The monoisotopic (exact) mass is 345 g/mol. The van der Waals surface area contributed by atoms with E-state index in [1.54, 1.807) is 30.3 Å². The number of hydrogen-bond acceptors (Lipinski definition) is 3. The van der Waals surface area contributed by atoms with Crippen LogP contribution in [0.25, 0.3) is 10.8 Å². The molecule has 0 radical (unpaired) electrons. The van der Waals surface area contributed by atoms with Crippen molar-refractivity contribution in [2.24, 2.45) is 0 Å². The molecule has 0 spiro atoms. The van der Waals surface area contributed by atoms with Gasteiger partial charge >= 0.3 is 0 Å². The Hall–Kier alpha value is -2.77. The Kier molecular flexibility index (Phi) is 4.04. The van der Waals surface area contributed by atoms with E-state index >= 15 is 0 Å². The van der Waals surface area contributed by atoms with E-state index in [1.165, 1.54) is 18.2 Å². The molecule has 0 aromatic heterocycles. The molecule has 3 aromatic rings.